The summed E-state index contributed by atoms with van der Waals surface area (Å²) in [5.41, 5.74) is 4.94. The molecule has 0 amide bonds. The van der Waals surface area contributed by atoms with E-state index in [9.17, 15) is 13.5 Å². The molecule has 0 bridgehead atoms. The van der Waals surface area contributed by atoms with Gasteiger partial charge in [0.2, 0.25) is 10.0 Å². The highest BCUT2D eigenvalue weighted by molar-refractivity contribution is 9.10. The zero-order chi connectivity index (χ0) is 14.1. The zero-order valence-electron chi connectivity index (χ0n) is 10.1. The van der Waals surface area contributed by atoms with Crippen molar-refractivity contribution in [3.8, 4) is 0 Å². The lowest BCUT2D eigenvalue weighted by Crippen LogP contribution is -2.43. The number of nitrogens with two attached hydrogens (primary N) is 1. The first-order valence-electron chi connectivity index (χ1n) is 5.67. The van der Waals surface area contributed by atoms with Crippen LogP contribution in [0.5, 0.6) is 0 Å². The first-order chi connectivity index (χ1) is 8.82. The summed E-state index contributed by atoms with van der Waals surface area (Å²) in [6, 6.07) is 4.34. The van der Waals surface area contributed by atoms with Gasteiger partial charge in [-0.1, -0.05) is 0 Å². The molecule has 4 N–H and O–H groups in total. The Hall–Kier alpha value is -0.670. The topological polar surface area (TPSA) is 102 Å². The summed E-state index contributed by atoms with van der Waals surface area (Å²) < 4.78 is 32.1. The molecular formula is C11H15BrN2O4S. The van der Waals surface area contributed by atoms with E-state index in [1.165, 1.54) is 18.2 Å². The van der Waals surface area contributed by atoms with Gasteiger partial charge in [0.1, 0.15) is 5.60 Å². The third-order valence-corrected chi connectivity index (χ3v) is 5.04. The van der Waals surface area contributed by atoms with Crippen molar-refractivity contribution < 1.29 is 18.3 Å². The van der Waals surface area contributed by atoms with E-state index in [1.807, 2.05) is 0 Å². The lowest BCUT2D eigenvalue weighted by molar-refractivity contribution is 0.0314. The molecule has 1 unspecified atom stereocenters. The van der Waals surface area contributed by atoms with Gasteiger partial charge >= 0.3 is 0 Å². The van der Waals surface area contributed by atoms with Crippen molar-refractivity contribution in [3.63, 3.8) is 0 Å². The van der Waals surface area contributed by atoms with E-state index in [0.29, 0.717) is 23.2 Å². The average Bonchev–Trinajstić information content (AvgIpc) is 2.78. The molecule has 1 aliphatic rings. The molecule has 1 heterocycles. The summed E-state index contributed by atoms with van der Waals surface area (Å²) in [5, 5.41) is 10.0. The summed E-state index contributed by atoms with van der Waals surface area (Å²) in [7, 11) is -3.68. The lowest BCUT2D eigenvalue weighted by Gasteiger charge is -2.20. The van der Waals surface area contributed by atoms with Crippen LogP contribution >= 0.6 is 15.9 Å². The third-order valence-electron chi connectivity index (χ3n) is 2.96. The highest BCUT2D eigenvalue weighted by Crippen LogP contribution is 2.23. The Morgan fingerprint density at radius 2 is 2.26 bits per heavy atom. The van der Waals surface area contributed by atoms with Gasteiger partial charge in [0, 0.05) is 29.7 Å². The zero-order valence-corrected chi connectivity index (χ0v) is 12.5. The van der Waals surface area contributed by atoms with Crippen LogP contribution in [0.2, 0.25) is 0 Å². The van der Waals surface area contributed by atoms with Gasteiger partial charge in [-0.2, -0.15) is 0 Å². The van der Waals surface area contributed by atoms with Crippen molar-refractivity contribution in [2.75, 3.05) is 25.5 Å². The number of nitrogens with one attached hydrogen (secondary N) is 1. The molecule has 0 aliphatic carbocycles. The first-order valence-corrected chi connectivity index (χ1v) is 7.95. The molecule has 0 spiro atoms. The Balaban J connectivity index is 2.11. The molecule has 1 fully saturated rings. The van der Waals surface area contributed by atoms with Crippen LogP contribution in [0, 0.1) is 0 Å². The van der Waals surface area contributed by atoms with E-state index in [1.54, 1.807) is 0 Å². The molecule has 0 aromatic heterocycles. The highest BCUT2D eigenvalue weighted by Gasteiger charge is 2.33. The first kappa shape index (κ1) is 14.7. The van der Waals surface area contributed by atoms with Gasteiger partial charge in [0.25, 0.3) is 0 Å². The Morgan fingerprint density at radius 3 is 2.84 bits per heavy atom. The normalized spacial score (nSPS) is 23.7. The second kappa shape index (κ2) is 5.37. The maximum Gasteiger partial charge on any atom is 0.240 e. The molecule has 106 valence electrons. The molecule has 0 radical (unpaired) electrons. The van der Waals surface area contributed by atoms with Crippen molar-refractivity contribution in [1.29, 1.82) is 0 Å². The Labute approximate surface area is 120 Å². The maximum absolute atomic E-state index is 12.1. The van der Waals surface area contributed by atoms with Crippen LogP contribution in [0.25, 0.3) is 0 Å². The minimum absolute atomic E-state index is 0.0721. The lowest BCUT2D eigenvalue weighted by atomic mass is 10.1. The number of benzene rings is 1. The molecule has 1 aromatic carbocycles. The molecule has 6 nitrogen and oxygen atoms in total. The fourth-order valence-electron chi connectivity index (χ4n) is 1.72. The number of hydrogen-bond donors (Lipinski definition) is 3. The number of hydrogen-bond acceptors (Lipinski definition) is 5. The number of aliphatic hydroxyl groups is 1. The predicted octanol–water partition coefficient (Wildman–Crippen LogP) is 0.461. The number of halogens is 1. The summed E-state index contributed by atoms with van der Waals surface area (Å²) in [6.45, 7) is 0.504. The SMILES string of the molecule is Nc1ccc(S(=O)(=O)NCC2(O)CCOC2)cc1Br. The van der Waals surface area contributed by atoms with E-state index < -0.39 is 15.6 Å². The maximum atomic E-state index is 12.1. The predicted molar refractivity (Wildman–Crippen MR) is 74.1 cm³/mol. The van der Waals surface area contributed by atoms with Gasteiger partial charge in [-0.05, 0) is 34.1 Å². The molecule has 1 aliphatic heterocycles. The van der Waals surface area contributed by atoms with Gasteiger partial charge in [-0.25, -0.2) is 13.1 Å². The van der Waals surface area contributed by atoms with Crippen LogP contribution in [0.15, 0.2) is 27.6 Å². The quantitative estimate of drug-likeness (QED) is 0.684. The number of rotatable bonds is 4. The molecule has 19 heavy (non-hydrogen) atoms. The minimum atomic E-state index is -3.68. The molecule has 1 atom stereocenters. The fourth-order valence-corrected chi connectivity index (χ4v) is 3.40. The number of sulfonamides is 1. The standard InChI is InChI=1S/C11H15BrN2O4S/c12-9-5-8(1-2-10(9)13)19(16,17)14-6-11(15)3-4-18-7-11/h1-2,5,14-15H,3-4,6-7,13H2. The molecule has 0 saturated carbocycles. The van der Waals surface area contributed by atoms with E-state index in [2.05, 4.69) is 20.7 Å². The molecule has 2 rings (SSSR count). The summed E-state index contributed by atoms with van der Waals surface area (Å²) in [4.78, 5) is 0.0936. The van der Waals surface area contributed by atoms with Gasteiger partial charge in [0.15, 0.2) is 0 Å². The van der Waals surface area contributed by atoms with E-state index >= 15 is 0 Å². The minimum Gasteiger partial charge on any atom is -0.398 e. The fraction of sp³-hybridized carbons (Fsp3) is 0.455. The monoisotopic (exact) mass is 350 g/mol. The molecule has 8 heteroatoms. The van der Waals surface area contributed by atoms with Crippen molar-refractivity contribution in [3.05, 3.63) is 22.7 Å². The Morgan fingerprint density at radius 1 is 1.53 bits per heavy atom. The third kappa shape index (κ3) is 3.46. The smallest absolute Gasteiger partial charge is 0.240 e. The van der Waals surface area contributed by atoms with Crippen LogP contribution in [-0.2, 0) is 14.8 Å². The number of ether oxygens (including phenoxy) is 1. The largest absolute Gasteiger partial charge is 0.398 e. The van der Waals surface area contributed by atoms with Gasteiger partial charge < -0.3 is 15.6 Å². The summed E-state index contributed by atoms with van der Waals surface area (Å²) in [6.07, 6.45) is 0.418. The van der Waals surface area contributed by atoms with Crippen LogP contribution in [-0.4, -0.2) is 38.9 Å². The second-order valence-electron chi connectivity index (χ2n) is 4.53. The van der Waals surface area contributed by atoms with Crippen LogP contribution in [0.1, 0.15) is 6.42 Å². The number of anilines is 1. The summed E-state index contributed by atoms with van der Waals surface area (Å²) >= 11 is 3.18. The van der Waals surface area contributed by atoms with Crippen molar-refractivity contribution in [1.82, 2.24) is 4.72 Å². The second-order valence-corrected chi connectivity index (χ2v) is 7.16. The van der Waals surface area contributed by atoms with E-state index in [0.717, 1.165) is 0 Å². The van der Waals surface area contributed by atoms with Crippen LogP contribution < -0.4 is 10.5 Å². The average molecular weight is 351 g/mol. The van der Waals surface area contributed by atoms with Crippen LogP contribution in [0.3, 0.4) is 0 Å². The van der Waals surface area contributed by atoms with Crippen molar-refractivity contribution >= 4 is 31.6 Å². The van der Waals surface area contributed by atoms with Gasteiger partial charge in [-0.15, -0.1) is 0 Å². The molecule has 1 aromatic rings. The van der Waals surface area contributed by atoms with E-state index in [-0.39, 0.29) is 18.0 Å². The molecular weight excluding hydrogens is 336 g/mol. The van der Waals surface area contributed by atoms with Crippen molar-refractivity contribution in [2.45, 2.75) is 16.9 Å². The highest BCUT2D eigenvalue weighted by atomic mass is 79.9. The van der Waals surface area contributed by atoms with Gasteiger partial charge in [0.05, 0.1) is 11.5 Å². The van der Waals surface area contributed by atoms with Crippen molar-refractivity contribution in [2.24, 2.45) is 0 Å². The van der Waals surface area contributed by atoms with E-state index in [4.69, 9.17) is 10.5 Å². The number of nitrogen functional groups attached to an aromatic ring is 1. The Bertz CT molecular complexity index is 570. The van der Waals surface area contributed by atoms with Gasteiger partial charge in [-0.3, -0.25) is 0 Å². The van der Waals surface area contributed by atoms with Crippen LogP contribution in [0.4, 0.5) is 5.69 Å². The summed E-state index contributed by atoms with van der Waals surface area (Å²) in [5.74, 6) is 0. The molecule has 1 saturated heterocycles. The Kier molecular flexibility index (Phi) is 4.17.